The van der Waals surface area contributed by atoms with E-state index in [1.165, 1.54) is 64.2 Å². The first-order valence-corrected chi connectivity index (χ1v) is 8.03. The molecule has 3 aliphatic rings. The number of rotatable bonds is 4. The number of hydrogen-bond donors (Lipinski definition) is 1. The van der Waals surface area contributed by atoms with Gasteiger partial charge in [-0.15, -0.1) is 0 Å². The minimum atomic E-state index is 0.307. The summed E-state index contributed by atoms with van der Waals surface area (Å²) in [4.78, 5) is 0. The van der Waals surface area contributed by atoms with Gasteiger partial charge < -0.3 is 10.1 Å². The Hall–Kier alpha value is -0.0800. The van der Waals surface area contributed by atoms with Gasteiger partial charge in [-0.25, -0.2) is 0 Å². The number of hydrogen-bond acceptors (Lipinski definition) is 2. The Morgan fingerprint density at radius 2 is 1.83 bits per heavy atom. The molecular formula is C16H29NO. The summed E-state index contributed by atoms with van der Waals surface area (Å²) in [6.07, 6.45) is 14.2. The second-order valence-electron chi connectivity index (χ2n) is 7.10. The first kappa shape index (κ1) is 12.9. The molecule has 1 N–H and O–H groups in total. The molecule has 2 unspecified atom stereocenters. The van der Waals surface area contributed by atoms with Gasteiger partial charge in [-0.3, -0.25) is 0 Å². The average Bonchev–Trinajstić information content (AvgIpc) is 3.08. The predicted octanol–water partition coefficient (Wildman–Crippen LogP) is 3.65. The van der Waals surface area contributed by atoms with Crippen molar-refractivity contribution in [3.63, 3.8) is 0 Å². The molecule has 2 nitrogen and oxygen atoms in total. The van der Waals surface area contributed by atoms with Crippen molar-refractivity contribution < 1.29 is 4.74 Å². The fourth-order valence-electron chi connectivity index (χ4n) is 4.34. The first-order valence-electron chi connectivity index (χ1n) is 8.03. The molecule has 1 saturated heterocycles. The summed E-state index contributed by atoms with van der Waals surface area (Å²) in [5.74, 6) is 0. The van der Waals surface area contributed by atoms with Gasteiger partial charge in [0.1, 0.15) is 0 Å². The second kappa shape index (κ2) is 4.79. The van der Waals surface area contributed by atoms with E-state index in [4.69, 9.17) is 4.74 Å². The molecule has 1 spiro atoms. The highest BCUT2D eigenvalue weighted by atomic mass is 16.5. The third-order valence-corrected chi connectivity index (χ3v) is 5.98. The maximum atomic E-state index is 6.53. The van der Waals surface area contributed by atoms with Crippen molar-refractivity contribution >= 4 is 0 Å². The van der Waals surface area contributed by atoms with E-state index < -0.39 is 0 Å². The minimum Gasteiger partial charge on any atom is -0.372 e. The van der Waals surface area contributed by atoms with E-state index in [9.17, 15) is 0 Å². The van der Waals surface area contributed by atoms with Crippen LogP contribution in [0.25, 0.3) is 0 Å². The van der Waals surface area contributed by atoms with Crippen molar-refractivity contribution in [1.29, 1.82) is 0 Å². The lowest BCUT2D eigenvalue weighted by molar-refractivity contribution is -0.0723. The molecule has 0 amide bonds. The van der Waals surface area contributed by atoms with Gasteiger partial charge in [-0.05, 0) is 64.3 Å². The van der Waals surface area contributed by atoms with Crippen LogP contribution in [-0.4, -0.2) is 24.8 Å². The Labute approximate surface area is 112 Å². The maximum absolute atomic E-state index is 6.53. The van der Waals surface area contributed by atoms with Crippen LogP contribution < -0.4 is 5.32 Å². The van der Waals surface area contributed by atoms with Gasteiger partial charge in [0.2, 0.25) is 0 Å². The molecule has 104 valence electrons. The molecule has 0 aromatic rings. The van der Waals surface area contributed by atoms with Crippen molar-refractivity contribution in [3.8, 4) is 0 Å². The van der Waals surface area contributed by atoms with Crippen LogP contribution in [0.4, 0.5) is 0 Å². The fraction of sp³-hybridized carbons (Fsp3) is 1.00. The third kappa shape index (κ3) is 2.34. The van der Waals surface area contributed by atoms with E-state index >= 15 is 0 Å². The van der Waals surface area contributed by atoms with E-state index in [0.29, 0.717) is 23.2 Å². The topological polar surface area (TPSA) is 21.3 Å². The molecule has 2 atom stereocenters. The molecule has 1 heterocycles. The summed E-state index contributed by atoms with van der Waals surface area (Å²) >= 11 is 0. The molecule has 0 bridgehead atoms. The lowest BCUT2D eigenvalue weighted by Gasteiger charge is -2.34. The van der Waals surface area contributed by atoms with E-state index in [0.717, 1.165) is 0 Å². The van der Waals surface area contributed by atoms with Gasteiger partial charge in [0.15, 0.2) is 0 Å². The molecule has 3 rings (SSSR count). The van der Waals surface area contributed by atoms with Gasteiger partial charge in [0.05, 0.1) is 11.7 Å². The van der Waals surface area contributed by atoms with Crippen LogP contribution in [0.2, 0.25) is 0 Å². The van der Waals surface area contributed by atoms with Gasteiger partial charge in [0.25, 0.3) is 0 Å². The average molecular weight is 251 g/mol. The molecule has 2 saturated carbocycles. The number of ether oxygens (including phenoxy) is 1. The summed E-state index contributed by atoms with van der Waals surface area (Å²) < 4.78 is 6.53. The van der Waals surface area contributed by atoms with E-state index in [2.05, 4.69) is 19.3 Å². The van der Waals surface area contributed by atoms with Crippen LogP contribution in [0.5, 0.6) is 0 Å². The maximum Gasteiger partial charge on any atom is 0.0687 e. The van der Waals surface area contributed by atoms with Gasteiger partial charge in [-0.1, -0.05) is 19.3 Å². The van der Waals surface area contributed by atoms with Crippen molar-refractivity contribution in [2.24, 2.45) is 5.41 Å². The zero-order valence-corrected chi connectivity index (χ0v) is 12.1. The van der Waals surface area contributed by atoms with Crippen molar-refractivity contribution in [1.82, 2.24) is 5.32 Å². The zero-order valence-electron chi connectivity index (χ0n) is 12.1. The summed E-state index contributed by atoms with van der Waals surface area (Å²) in [7, 11) is 2.10. The highest BCUT2D eigenvalue weighted by Gasteiger charge is 2.51. The Morgan fingerprint density at radius 3 is 2.44 bits per heavy atom. The second-order valence-corrected chi connectivity index (χ2v) is 7.10. The van der Waals surface area contributed by atoms with Crippen LogP contribution in [0.1, 0.15) is 71.1 Å². The summed E-state index contributed by atoms with van der Waals surface area (Å²) in [5.41, 5.74) is 0.876. The van der Waals surface area contributed by atoms with Gasteiger partial charge >= 0.3 is 0 Å². The number of nitrogens with one attached hydrogen (secondary N) is 1. The Bertz CT molecular complexity index is 291. The highest BCUT2D eigenvalue weighted by molar-refractivity contribution is 5.03. The Balaban J connectivity index is 1.56. The summed E-state index contributed by atoms with van der Waals surface area (Å²) in [5, 5.41) is 3.46. The molecular weight excluding hydrogens is 222 g/mol. The SMILES string of the molecule is CNC(C)C1(CC2CCC3(CCCCC3)O2)CC1. The first-order chi connectivity index (χ1) is 8.68. The molecule has 2 heteroatoms. The van der Waals surface area contributed by atoms with Crippen LogP contribution in [0.3, 0.4) is 0 Å². The monoisotopic (exact) mass is 251 g/mol. The largest absolute Gasteiger partial charge is 0.372 e. The summed E-state index contributed by atoms with van der Waals surface area (Å²) in [6.45, 7) is 2.35. The highest BCUT2D eigenvalue weighted by Crippen LogP contribution is 2.55. The Morgan fingerprint density at radius 1 is 1.11 bits per heavy atom. The van der Waals surface area contributed by atoms with E-state index in [1.807, 2.05) is 0 Å². The third-order valence-electron chi connectivity index (χ3n) is 5.98. The van der Waals surface area contributed by atoms with Gasteiger partial charge in [-0.2, -0.15) is 0 Å². The molecule has 1 aliphatic heterocycles. The molecule has 18 heavy (non-hydrogen) atoms. The normalized spacial score (nSPS) is 34.7. The quantitative estimate of drug-likeness (QED) is 0.823. The molecule has 0 radical (unpaired) electrons. The predicted molar refractivity (Wildman–Crippen MR) is 74.7 cm³/mol. The lowest BCUT2D eigenvalue weighted by Crippen LogP contribution is -2.36. The van der Waals surface area contributed by atoms with Crippen LogP contribution in [0, 0.1) is 5.41 Å². The lowest BCUT2D eigenvalue weighted by atomic mass is 9.82. The Kier molecular flexibility index (Phi) is 3.44. The fourth-order valence-corrected chi connectivity index (χ4v) is 4.34. The molecule has 0 aromatic heterocycles. The van der Waals surface area contributed by atoms with E-state index in [1.54, 1.807) is 0 Å². The molecule has 3 fully saturated rings. The zero-order chi connectivity index (χ0) is 12.6. The molecule has 0 aromatic carbocycles. The smallest absolute Gasteiger partial charge is 0.0687 e. The minimum absolute atomic E-state index is 0.307. The summed E-state index contributed by atoms with van der Waals surface area (Å²) in [6, 6.07) is 0.656. The van der Waals surface area contributed by atoms with Gasteiger partial charge in [0, 0.05) is 6.04 Å². The van der Waals surface area contributed by atoms with Crippen LogP contribution >= 0.6 is 0 Å². The molecule has 2 aliphatic carbocycles. The van der Waals surface area contributed by atoms with Crippen molar-refractivity contribution in [2.45, 2.75) is 88.9 Å². The standard InChI is InChI=1S/C16H29NO/c1-13(17-2)15(10-11-15)12-14-6-9-16(18-14)7-4-3-5-8-16/h13-14,17H,3-12H2,1-2H3. The van der Waals surface area contributed by atoms with E-state index in [-0.39, 0.29) is 0 Å². The van der Waals surface area contributed by atoms with Crippen molar-refractivity contribution in [2.75, 3.05) is 7.05 Å². The van der Waals surface area contributed by atoms with Crippen molar-refractivity contribution in [3.05, 3.63) is 0 Å². The van der Waals surface area contributed by atoms with Crippen LogP contribution in [0.15, 0.2) is 0 Å². The van der Waals surface area contributed by atoms with Crippen LogP contribution in [-0.2, 0) is 4.74 Å².